The van der Waals surface area contributed by atoms with E-state index in [0.717, 1.165) is 44.8 Å². The molecule has 5 nitrogen and oxygen atoms in total. The molecule has 1 saturated heterocycles. The van der Waals surface area contributed by atoms with Crippen molar-refractivity contribution < 1.29 is 5.11 Å². The molecule has 0 unspecified atom stereocenters. The van der Waals surface area contributed by atoms with E-state index in [4.69, 9.17) is 5.10 Å². The highest BCUT2D eigenvalue weighted by Gasteiger charge is 2.27. The Bertz CT molecular complexity index is 587. The van der Waals surface area contributed by atoms with Gasteiger partial charge in [0, 0.05) is 62.7 Å². The third-order valence-electron chi connectivity index (χ3n) is 5.23. The molecule has 1 fully saturated rings. The quantitative estimate of drug-likeness (QED) is 0.770. The number of hydrogen-bond donors (Lipinski definition) is 1. The Balaban J connectivity index is 2.06. The number of aromatic nitrogens is 2. The molecule has 5 heteroatoms. The van der Waals surface area contributed by atoms with Gasteiger partial charge in [-0.2, -0.15) is 5.10 Å². The van der Waals surface area contributed by atoms with Gasteiger partial charge in [-0.25, -0.2) is 0 Å². The van der Waals surface area contributed by atoms with Crippen LogP contribution in [0.5, 0.6) is 0 Å². The molecule has 0 amide bonds. The van der Waals surface area contributed by atoms with Crippen LogP contribution in [0, 0.1) is 13.8 Å². The van der Waals surface area contributed by atoms with Gasteiger partial charge in [0.2, 0.25) is 0 Å². The van der Waals surface area contributed by atoms with Gasteiger partial charge in [0.25, 0.3) is 0 Å². The maximum Gasteiger partial charge on any atom is 0.0641 e. The van der Waals surface area contributed by atoms with E-state index in [1.54, 1.807) is 0 Å². The Hall–Kier alpha value is -1.17. The first-order chi connectivity index (χ1) is 11.8. The van der Waals surface area contributed by atoms with E-state index in [1.165, 1.54) is 16.8 Å². The summed E-state index contributed by atoms with van der Waals surface area (Å²) in [6, 6.07) is 0.825. The highest BCUT2D eigenvalue weighted by atomic mass is 16.3. The summed E-state index contributed by atoms with van der Waals surface area (Å²) in [4.78, 5) is 5.04. The monoisotopic (exact) mass is 348 g/mol. The summed E-state index contributed by atoms with van der Waals surface area (Å²) in [6.07, 6.45) is 3.14. The first-order valence-corrected chi connectivity index (χ1v) is 9.58. The van der Waals surface area contributed by atoms with Crippen molar-refractivity contribution in [3.05, 3.63) is 28.6 Å². The summed E-state index contributed by atoms with van der Waals surface area (Å²) in [7, 11) is 0. The van der Waals surface area contributed by atoms with Crippen molar-refractivity contribution in [1.82, 2.24) is 19.6 Å². The summed E-state index contributed by atoms with van der Waals surface area (Å²) in [5.41, 5.74) is 5.17. The molecule has 2 rings (SSSR count). The molecule has 1 N–H and O–H groups in total. The zero-order valence-corrected chi connectivity index (χ0v) is 16.9. The summed E-state index contributed by atoms with van der Waals surface area (Å²) < 4.78 is 2.14. The highest BCUT2D eigenvalue weighted by Crippen LogP contribution is 2.21. The molecule has 1 atom stereocenters. The van der Waals surface area contributed by atoms with Crippen LogP contribution in [0.1, 0.15) is 57.1 Å². The standard InChI is InChI=1S/C20H36N4O/c1-15(2)7-9-23-11-10-22(13-19(23)8-12-25)14-20-17(5)21-24(16(3)4)18(20)6/h7,16,19,25H,8-14H2,1-6H3/t19-/m0/s1. The smallest absolute Gasteiger partial charge is 0.0641 e. The van der Waals surface area contributed by atoms with Crippen molar-refractivity contribution in [3.63, 3.8) is 0 Å². The Morgan fingerprint density at radius 2 is 2.00 bits per heavy atom. The molecule has 142 valence electrons. The number of piperazine rings is 1. The van der Waals surface area contributed by atoms with Crippen molar-refractivity contribution in [2.75, 3.05) is 32.8 Å². The molecule has 1 aliphatic rings. The number of allylic oxidation sites excluding steroid dienone is 1. The van der Waals surface area contributed by atoms with Gasteiger partial charge in [-0.1, -0.05) is 11.6 Å². The number of hydrogen-bond acceptors (Lipinski definition) is 4. The second-order valence-corrected chi connectivity index (χ2v) is 7.87. The predicted molar refractivity (Wildman–Crippen MR) is 104 cm³/mol. The average molecular weight is 349 g/mol. The molecule has 25 heavy (non-hydrogen) atoms. The van der Waals surface area contributed by atoms with Crippen LogP contribution in [-0.4, -0.2) is 63.5 Å². The Kier molecular flexibility index (Phi) is 7.23. The van der Waals surface area contributed by atoms with E-state index >= 15 is 0 Å². The summed E-state index contributed by atoms with van der Waals surface area (Å²) in [6.45, 7) is 18.3. The van der Waals surface area contributed by atoms with Crippen molar-refractivity contribution in [2.24, 2.45) is 0 Å². The number of rotatable bonds is 7. The van der Waals surface area contributed by atoms with E-state index in [1.807, 2.05) is 0 Å². The Labute approximate surface area is 153 Å². The SMILES string of the molecule is CC(C)=CCN1CCN(Cc2c(C)nn(C(C)C)c2C)C[C@@H]1CCO. The molecule has 1 aliphatic heterocycles. The van der Waals surface area contributed by atoms with E-state index in [0.29, 0.717) is 12.1 Å². The fourth-order valence-corrected chi connectivity index (χ4v) is 3.72. The average Bonchev–Trinajstić information content (AvgIpc) is 2.82. The largest absolute Gasteiger partial charge is 0.396 e. The summed E-state index contributed by atoms with van der Waals surface area (Å²) >= 11 is 0. The molecular formula is C20H36N4O. The van der Waals surface area contributed by atoms with Gasteiger partial charge in [-0.05, 0) is 48.0 Å². The van der Waals surface area contributed by atoms with Gasteiger partial charge in [0.15, 0.2) is 0 Å². The molecule has 0 bridgehead atoms. The third kappa shape index (κ3) is 5.16. The fourth-order valence-electron chi connectivity index (χ4n) is 3.72. The minimum absolute atomic E-state index is 0.257. The molecule has 1 aromatic rings. The Morgan fingerprint density at radius 1 is 1.28 bits per heavy atom. The lowest BCUT2D eigenvalue weighted by atomic mass is 10.1. The second kappa shape index (κ2) is 8.97. The number of nitrogens with zero attached hydrogens (tertiary/aromatic N) is 4. The van der Waals surface area contributed by atoms with Crippen LogP contribution in [0.15, 0.2) is 11.6 Å². The molecule has 0 spiro atoms. The van der Waals surface area contributed by atoms with Crippen LogP contribution in [0.25, 0.3) is 0 Å². The van der Waals surface area contributed by atoms with Crippen molar-refractivity contribution in [1.29, 1.82) is 0 Å². The fraction of sp³-hybridized carbons (Fsp3) is 0.750. The number of aliphatic hydroxyl groups is 1. The maximum atomic E-state index is 9.47. The van der Waals surface area contributed by atoms with Crippen LogP contribution in [0.4, 0.5) is 0 Å². The van der Waals surface area contributed by atoms with Gasteiger partial charge in [0.1, 0.15) is 0 Å². The normalized spacial score (nSPS) is 19.6. The predicted octanol–water partition coefficient (Wildman–Crippen LogP) is 2.92. The first-order valence-electron chi connectivity index (χ1n) is 9.58. The van der Waals surface area contributed by atoms with Gasteiger partial charge in [0.05, 0.1) is 5.69 Å². The van der Waals surface area contributed by atoms with Crippen molar-refractivity contribution >= 4 is 0 Å². The van der Waals surface area contributed by atoms with E-state index in [9.17, 15) is 5.11 Å². The van der Waals surface area contributed by atoms with Gasteiger partial charge >= 0.3 is 0 Å². The number of aryl methyl sites for hydroxylation is 1. The Morgan fingerprint density at radius 3 is 2.56 bits per heavy atom. The zero-order valence-electron chi connectivity index (χ0n) is 16.9. The molecule has 1 aromatic heterocycles. The van der Waals surface area contributed by atoms with Crippen molar-refractivity contribution in [2.45, 2.75) is 66.6 Å². The molecule has 0 radical (unpaired) electrons. The van der Waals surface area contributed by atoms with E-state index in [-0.39, 0.29) is 6.61 Å². The highest BCUT2D eigenvalue weighted by molar-refractivity contribution is 5.25. The minimum Gasteiger partial charge on any atom is -0.396 e. The van der Waals surface area contributed by atoms with Gasteiger partial charge in [-0.15, -0.1) is 0 Å². The lowest BCUT2D eigenvalue weighted by Gasteiger charge is -2.41. The second-order valence-electron chi connectivity index (χ2n) is 7.87. The molecule has 0 aromatic carbocycles. The molecular weight excluding hydrogens is 312 g/mol. The van der Waals surface area contributed by atoms with Gasteiger partial charge in [-0.3, -0.25) is 14.5 Å². The molecule has 2 heterocycles. The van der Waals surface area contributed by atoms with Crippen LogP contribution >= 0.6 is 0 Å². The first kappa shape index (κ1) is 20.1. The van der Waals surface area contributed by atoms with Crippen molar-refractivity contribution in [3.8, 4) is 0 Å². The van der Waals surface area contributed by atoms with E-state index in [2.05, 4.69) is 62.1 Å². The van der Waals surface area contributed by atoms with Crippen LogP contribution in [0.3, 0.4) is 0 Å². The summed E-state index contributed by atoms with van der Waals surface area (Å²) in [5, 5.41) is 14.2. The van der Waals surface area contributed by atoms with Crippen LogP contribution < -0.4 is 0 Å². The van der Waals surface area contributed by atoms with E-state index < -0.39 is 0 Å². The topological polar surface area (TPSA) is 44.5 Å². The lowest BCUT2D eigenvalue weighted by molar-refractivity contribution is 0.0634. The van der Waals surface area contributed by atoms with Crippen LogP contribution in [-0.2, 0) is 6.54 Å². The summed E-state index contributed by atoms with van der Waals surface area (Å²) in [5.74, 6) is 0. The lowest BCUT2D eigenvalue weighted by Crippen LogP contribution is -2.53. The maximum absolute atomic E-state index is 9.47. The molecule has 0 saturated carbocycles. The number of aliphatic hydroxyl groups excluding tert-OH is 1. The minimum atomic E-state index is 0.257. The molecule has 0 aliphatic carbocycles. The third-order valence-corrected chi connectivity index (χ3v) is 5.23. The van der Waals surface area contributed by atoms with Crippen LogP contribution in [0.2, 0.25) is 0 Å². The van der Waals surface area contributed by atoms with Gasteiger partial charge < -0.3 is 5.11 Å². The zero-order chi connectivity index (χ0) is 18.6.